The Bertz CT molecular complexity index is 484. The van der Waals surface area contributed by atoms with Crippen molar-refractivity contribution in [2.24, 2.45) is 0 Å². The Morgan fingerprint density at radius 2 is 2.05 bits per heavy atom. The Balaban J connectivity index is 2.12. The molecule has 1 aliphatic heterocycles. The predicted octanol–water partition coefficient (Wildman–Crippen LogP) is 1.74. The van der Waals surface area contributed by atoms with Crippen LogP contribution in [0.25, 0.3) is 0 Å². The van der Waals surface area contributed by atoms with Crippen molar-refractivity contribution in [2.45, 2.75) is 25.9 Å². The molecule has 19 heavy (non-hydrogen) atoms. The van der Waals surface area contributed by atoms with Gasteiger partial charge in [-0.25, -0.2) is 4.79 Å². The zero-order valence-corrected chi connectivity index (χ0v) is 11.3. The van der Waals surface area contributed by atoms with Crippen molar-refractivity contribution in [1.82, 2.24) is 10.2 Å². The van der Waals surface area contributed by atoms with Crippen molar-refractivity contribution >= 4 is 11.8 Å². The summed E-state index contributed by atoms with van der Waals surface area (Å²) in [5.41, 5.74) is 1.01. The smallest absolute Gasteiger partial charge is 0.318 e. The normalized spacial score (nSPS) is 20.1. The molecular weight excluding hydrogens is 244 g/mol. The number of carbonyl (C=O) groups excluding carboxylic acids is 2. The molecule has 1 fully saturated rings. The lowest BCUT2D eigenvalue weighted by molar-refractivity contribution is -0.118. The molecule has 0 bridgehead atoms. The fourth-order valence-corrected chi connectivity index (χ4v) is 2.18. The molecule has 0 spiro atoms. The summed E-state index contributed by atoms with van der Waals surface area (Å²) in [5, 5.41) is 2.69. The number of nitrogens with zero attached hydrogens (tertiary/aromatic N) is 1. The lowest BCUT2D eigenvalue weighted by Gasteiger charge is -2.23. The van der Waals surface area contributed by atoms with Crippen molar-refractivity contribution in [1.29, 1.82) is 0 Å². The van der Waals surface area contributed by atoms with Gasteiger partial charge < -0.3 is 15.0 Å². The highest BCUT2D eigenvalue weighted by Crippen LogP contribution is 2.25. The second kappa shape index (κ2) is 5.30. The lowest BCUT2D eigenvalue weighted by Crippen LogP contribution is -2.32. The zero-order chi connectivity index (χ0) is 14.0. The molecule has 1 heterocycles. The lowest BCUT2D eigenvalue weighted by atomic mass is 10.1. The van der Waals surface area contributed by atoms with E-state index in [4.69, 9.17) is 4.74 Å². The minimum Gasteiger partial charge on any atom is -0.497 e. The Morgan fingerprint density at radius 1 is 1.42 bits per heavy atom. The zero-order valence-electron chi connectivity index (χ0n) is 11.3. The molecule has 0 radical (unpaired) electrons. The second-order valence-electron chi connectivity index (χ2n) is 4.71. The molecule has 2 atom stereocenters. The number of carbonyl (C=O) groups is 2. The van der Waals surface area contributed by atoms with Crippen LogP contribution in [0.2, 0.25) is 0 Å². The maximum atomic E-state index is 11.9. The Hall–Kier alpha value is -2.04. The van der Waals surface area contributed by atoms with Crippen LogP contribution >= 0.6 is 0 Å². The van der Waals surface area contributed by atoms with E-state index in [9.17, 15) is 9.59 Å². The number of amides is 2. The summed E-state index contributed by atoms with van der Waals surface area (Å²) in [6.07, 6.45) is 0. The molecule has 5 nitrogen and oxygen atoms in total. The first-order chi connectivity index (χ1) is 9.02. The summed E-state index contributed by atoms with van der Waals surface area (Å²) >= 11 is 0. The van der Waals surface area contributed by atoms with Gasteiger partial charge in [0.1, 0.15) is 11.8 Å². The highest BCUT2D eigenvalue weighted by atomic mass is 16.5. The van der Waals surface area contributed by atoms with Crippen molar-refractivity contribution in [3.05, 3.63) is 29.8 Å². The fourth-order valence-electron chi connectivity index (χ4n) is 2.18. The number of benzene rings is 1. The van der Waals surface area contributed by atoms with Crippen LogP contribution in [0.5, 0.6) is 5.75 Å². The van der Waals surface area contributed by atoms with Gasteiger partial charge in [-0.2, -0.15) is 0 Å². The summed E-state index contributed by atoms with van der Waals surface area (Å²) in [4.78, 5) is 24.9. The van der Waals surface area contributed by atoms with E-state index in [-0.39, 0.29) is 17.9 Å². The minimum absolute atomic E-state index is 0.0159. The van der Waals surface area contributed by atoms with Gasteiger partial charge in [0, 0.05) is 0 Å². The van der Waals surface area contributed by atoms with Crippen LogP contribution in [0.4, 0.5) is 4.79 Å². The van der Waals surface area contributed by atoms with Crippen LogP contribution in [0.15, 0.2) is 24.3 Å². The average Bonchev–Trinajstić information content (AvgIpc) is 2.80. The molecule has 0 aliphatic carbocycles. The van der Waals surface area contributed by atoms with Crippen LogP contribution < -0.4 is 10.1 Å². The number of ether oxygens (including phenoxy) is 1. The van der Waals surface area contributed by atoms with E-state index in [1.54, 1.807) is 12.0 Å². The highest BCUT2D eigenvalue weighted by molar-refractivity contribution is 5.90. The third-order valence-corrected chi connectivity index (χ3v) is 3.49. The van der Waals surface area contributed by atoms with E-state index in [1.807, 2.05) is 31.2 Å². The summed E-state index contributed by atoms with van der Waals surface area (Å²) < 4.78 is 5.11. The number of nitrogens with one attached hydrogen (secondary N) is 1. The SMILES string of the molecule is COc1ccc(C(C)N2CC(C(C)=O)NC2=O)cc1. The highest BCUT2D eigenvalue weighted by Gasteiger charge is 2.34. The van der Waals surface area contributed by atoms with Crippen molar-refractivity contribution in [3.8, 4) is 5.75 Å². The topological polar surface area (TPSA) is 58.6 Å². The summed E-state index contributed by atoms with van der Waals surface area (Å²) in [7, 11) is 1.61. The van der Waals surface area contributed by atoms with Crippen LogP contribution in [0.3, 0.4) is 0 Å². The number of Topliss-reactive ketones (excluding diaryl/α,β-unsaturated/α-hetero) is 1. The van der Waals surface area contributed by atoms with Crippen LogP contribution in [0, 0.1) is 0 Å². The van der Waals surface area contributed by atoms with E-state index >= 15 is 0 Å². The van der Waals surface area contributed by atoms with Crippen molar-refractivity contribution in [3.63, 3.8) is 0 Å². The maximum absolute atomic E-state index is 11.9. The largest absolute Gasteiger partial charge is 0.497 e. The second-order valence-corrected chi connectivity index (χ2v) is 4.71. The molecule has 5 heteroatoms. The molecule has 2 amide bonds. The molecule has 0 saturated carbocycles. The average molecular weight is 262 g/mol. The van der Waals surface area contributed by atoms with Gasteiger partial charge in [0.15, 0.2) is 5.78 Å². The molecule has 0 aromatic heterocycles. The number of hydrogen-bond donors (Lipinski definition) is 1. The fraction of sp³-hybridized carbons (Fsp3) is 0.429. The summed E-state index contributed by atoms with van der Waals surface area (Å²) in [6.45, 7) is 3.86. The van der Waals surface area contributed by atoms with Gasteiger partial charge in [-0.05, 0) is 31.5 Å². The monoisotopic (exact) mass is 262 g/mol. The quantitative estimate of drug-likeness (QED) is 0.899. The van der Waals surface area contributed by atoms with Crippen molar-refractivity contribution < 1.29 is 14.3 Å². The van der Waals surface area contributed by atoms with Crippen molar-refractivity contribution in [2.75, 3.05) is 13.7 Å². The van der Waals surface area contributed by atoms with E-state index in [1.165, 1.54) is 6.92 Å². The number of urea groups is 1. The third-order valence-electron chi connectivity index (χ3n) is 3.49. The van der Waals surface area contributed by atoms with Gasteiger partial charge in [0.2, 0.25) is 0 Å². The molecular formula is C14H18N2O3. The Morgan fingerprint density at radius 3 is 2.53 bits per heavy atom. The van der Waals surface area contributed by atoms with Gasteiger partial charge in [0.25, 0.3) is 0 Å². The van der Waals surface area contributed by atoms with Gasteiger partial charge in [-0.3, -0.25) is 4.79 Å². The molecule has 1 N–H and O–H groups in total. The summed E-state index contributed by atoms with van der Waals surface area (Å²) in [5.74, 6) is 0.765. The number of ketones is 1. The molecule has 2 unspecified atom stereocenters. The predicted molar refractivity (Wildman–Crippen MR) is 71.1 cm³/mol. The van der Waals surface area contributed by atoms with E-state index < -0.39 is 6.04 Å². The van der Waals surface area contributed by atoms with Gasteiger partial charge in [-0.1, -0.05) is 12.1 Å². The molecule has 1 aromatic carbocycles. The molecule has 1 aliphatic rings. The first-order valence-corrected chi connectivity index (χ1v) is 6.24. The number of rotatable bonds is 4. The van der Waals surface area contributed by atoms with Crippen LogP contribution in [-0.2, 0) is 4.79 Å². The standard InChI is InChI=1S/C14H18N2O3/c1-9(11-4-6-12(19-3)7-5-11)16-8-13(10(2)17)15-14(16)18/h4-7,9,13H,8H2,1-3H3,(H,15,18). The van der Waals surface area contributed by atoms with Gasteiger partial charge in [-0.15, -0.1) is 0 Å². The first-order valence-electron chi connectivity index (χ1n) is 6.24. The number of hydrogen-bond acceptors (Lipinski definition) is 3. The number of methoxy groups -OCH3 is 1. The van der Waals surface area contributed by atoms with Crippen LogP contribution in [0.1, 0.15) is 25.5 Å². The molecule has 1 saturated heterocycles. The maximum Gasteiger partial charge on any atom is 0.318 e. The molecule has 1 aromatic rings. The summed E-state index contributed by atoms with van der Waals surface area (Å²) in [6, 6.07) is 6.92. The van der Waals surface area contributed by atoms with E-state index in [0.717, 1.165) is 11.3 Å². The van der Waals surface area contributed by atoms with Crippen LogP contribution in [-0.4, -0.2) is 36.4 Å². The minimum atomic E-state index is -0.395. The first kappa shape index (κ1) is 13.4. The van der Waals surface area contributed by atoms with Gasteiger partial charge >= 0.3 is 6.03 Å². The van der Waals surface area contributed by atoms with Gasteiger partial charge in [0.05, 0.1) is 19.7 Å². The van der Waals surface area contributed by atoms with E-state index in [2.05, 4.69) is 5.32 Å². The van der Waals surface area contributed by atoms with E-state index in [0.29, 0.717) is 6.54 Å². The Labute approximate surface area is 112 Å². The molecule has 2 rings (SSSR count). The Kier molecular flexibility index (Phi) is 3.74. The third kappa shape index (κ3) is 2.70. The molecule has 102 valence electrons.